The third-order valence-corrected chi connectivity index (χ3v) is 2.45. The lowest BCUT2D eigenvalue weighted by Gasteiger charge is -2.25. The summed E-state index contributed by atoms with van der Waals surface area (Å²) >= 11 is 1.22. The normalized spacial score (nSPS) is 18.2. The molecule has 1 N–H and O–H groups in total. The zero-order valence-electron chi connectivity index (χ0n) is 6.43. The fraction of sp³-hybridized carbons (Fsp3) is 0.667. The number of rotatable bonds is 1. The summed E-state index contributed by atoms with van der Waals surface area (Å²) < 4.78 is 8.88. The number of hydrogen-bond donors (Lipinski definition) is 1. The zero-order chi connectivity index (χ0) is 8.39. The summed E-state index contributed by atoms with van der Waals surface area (Å²) in [6, 6.07) is -0.138. The standard InChI is InChI=1S/C6H9N3O2S/c10-5-7-6(12-8-5)9-1-3-11-4-2-9/h1-4H2,(H,8,10). The van der Waals surface area contributed by atoms with Crippen molar-refractivity contribution >= 4 is 16.7 Å². The summed E-state index contributed by atoms with van der Waals surface area (Å²) in [6.45, 7) is 3.10. The molecule has 2 heterocycles. The highest BCUT2D eigenvalue weighted by Crippen LogP contribution is 2.20. The Bertz CT molecular complexity index is 259. The van der Waals surface area contributed by atoms with E-state index in [9.17, 15) is 0 Å². The Morgan fingerprint density at radius 2 is 2.17 bits per heavy atom. The number of hydrogen-bond acceptors (Lipinski definition) is 6. The van der Waals surface area contributed by atoms with Gasteiger partial charge in [-0.15, -0.1) is 4.37 Å². The molecular weight excluding hydrogens is 178 g/mol. The van der Waals surface area contributed by atoms with Gasteiger partial charge in [0.15, 0.2) is 0 Å². The van der Waals surface area contributed by atoms with Crippen molar-refractivity contribution in [3.63, 3.8) is 0 Å². The maximum Gasteiger partial charge on any atom is 0.327 e. The van der Waals surface area contributed by atoms with E-state index >= 15 is 0 Å². The van der Waals surface area contributed by atoms with Gasteiger partial charge in [-0.3, -0.25) is 0 Å². The number of aromatic hydroxyl groups is 1. The van der Waals surface area contributed by atoms with Gasteiger partial charge in [0.2, 0.25) is 5.13 Å². The van der Waals surface area contributed by atoms with E-state index in [0.29, 0.717) is 0 Å². The van der Waals surface area contributed by atoms with Gasteiger partial charge in [-0.25, -0.2) is 0 Å². The fourth-order valence-electron chi connectivity index (χ4n) is 1.09. The van der Waals surface area contributed by atoms with Crippen molar-refractivity contribution in [2.45, 2.75) is 0 Å². The van der Waals surface area contributed by atoms with Crippen LogP contribution in [0.5, 0.6) is 6.01 Å². The third kappa shape index (κ3) is 1.49. The Hall–Kier alpha value is -0.880. The molecule has 1 aromatic heterocycles. The zero-order valence-corrected chi connectivity index (χ0v) is 7.25. The van der Waals surface area contributed by atoms with Gasteiger partial charge in [0.25, 0.3) is 0 Å². The van der Waals surface area contributed by atoms with Gasteiger partial charge in [0.05, 0.1) is 13.2 Å². The van der Waals surface area contributed by atoms with Gasteiger partial charge in [0.1, 0.15) is 0 Å². The lowest BCUT2D eigenvalue weighted by atomic mass is 10.5. The van der Waals surface area contributed by atoms with E-state index in [1.54, 1.807) is 0 Å². The molecule has 2 rings (SSSR count). The largest absolute Gasteiger partial charge is 0.478 e. The molecule has 0 aliphatic carbocycles. The van der Waals surface area contributed by atoms with Crippen molar-refractivity contribution < 1.29 is 9.84 Å². The molecule has 66 valence electrons. The van der Waals surface area contributed by atoms with Crippen molar-refractivity contribution in [1.82, 2.24) is 9.36 Å². The van der Waals surface area contributed by atoms with Gasteiger partial charge in [0, 0.05) is 24.6 Å². The quantitative estimate of drug-likeness (QED) is 0.674. The van der Waals surface area contributed by atoms with Gasteiger partial charge in [-0.1, -0.05) is 0 Å². The Kier molecular flexibility index (Phi) is 2.09. The van der Waals surface area contributed by atoms with E-state index in [-0.39, 0.29) is 6.01 Å². The minimum atomic E-state index is -0.138. The molecule has 0 amide bonds. The van der Waals surface area contributed by atoms with Crippen LogP contribution in [0.1, 0.15) is 0 Å². The summed E-state index contributed by atoms with van der Waals surface area (Å²) in [7, 11) is 0. The molecular formula is C6H9N3O2S. The lowest BCUT2D eigenvalue weighted by Crippen LogP contribution is -2.36. The minimum absolute atomic E-state index is 0.138. The number of nitrogens with zero attached hydrogens (tertiary/aromatic N) is 3. The number of ether oxygens (including phenoxy) is 1. The van der Waals surface area contributed by atoms with Crippen LogP contribution in [0.25, 0.3) is 0 Å². The average Bonchev–Trinajstić information content (AvgIpc) is 2.54. The second-order valence-corrected chi connectivity index (χ2v) is 3.21. The van der Waals surface area contributed by atoms with Crippen molar-refractivity contribution in [3.05, 3.63) is 0 Å². The van der Waals surface area contributed by atoms with E-state index in [1.807, 2.05) is 0 Å². The highest BCUT2D eigenvalue weighted by molar-refractivity contribution is 7.09. The van der Waals surface area contributed by atoms with Crippen LogP contribution in [-0.2, 0) is 4.74 Å². The molecule has 1 fully saturated rings. The number of anilines is 1. The van der Waals surface area contributed by atoms with Crippen LogP contribution in [-0.4, -0.2) is 40.8 Å². The van der Waals surface area contributed by atoms with Crippen LogP contribution in [0.4, 0.5) is 5.13 Å². The third-order valence-electron chi connectivity index (χ3n) is 1.69. The first-order valence-electron chi connectivity index (χ1n) is 3.71. The Morgan fingerprint density at radius 1 is 1.42 bits per heavy atom. The Morgan fingerprint density at radius 3 is 2.75 bits per heavy atom. The summed E-state index contributed by atoms with van der Waals surface area (Å²) in [5, 5.41) is 9.69. The molecule has 1 saturated heterocycles. The first-order chi connectivity index (χ1) is 5.86. The summed E-state index contributed by atoms with van der Waals surface area (Å²) in [4.78, 5) is 5.92. The Balaban J connectivity index is 2.08. The molecule has 0 aromatic carbocycles. The Labute approximate surface area is 73.8 Å². The van der Waals surface area contributed by atoms with Crippen LogP contribution < -0.4 is 4.90 Å². The lowest BCUT2D eigenvalue weighted by molar-refractivity contribution is 0.122. The first kappa shape index (κ1) is 7.75. The van der Waals surface area contributed by atoms with Crippen LogP contribution in [0.2, 0.25) is 0 Å². The van der Waals surface area contributed by atoms with E-state index in [4.69, 9.17) is 9.84 Å². The minimum Gasteiger partial charge on any atom is -0.478 e. The topological polar surface area (TPSA) is 58.5 Å². The smallest absolute Gasteiger partial charge is 0.327 e. The summed E-state index contributed by atoms with van der Waals surface area (Å²) in [5.41, 5.74) is 0. The van der Waals surface area contributed by atoms with Crippen LogP contribution >= 0.6 is 11.5 Å². The molecule has 0 radical (unpaired) electrons. The predicted octanol–water partition coefficient (Wildman–Crippen LogP) is 0.0803. The number of morpholine rings is 1. The summed E-state index contributed by atoms with van der Waals surface area (Å²) in [5.74, 6) is 0. The van der Waals surface area contributed by atoms with E-state index in [1.165, 1.54) is 11.5 Å². The van der Waals surface area contributed by atoms with Crippen molar-refractivity contribution in [1.29, 1.82) is 0 Å². The van der Waals surface area contributed by atoms with E-state index < -0.39 is 0 Å². The van der Waals surface area contributed by atoms with Crippen LogP contribution in [0, 0.1) is 0 Å². The molecule has 0 atom stereocenters. The molecule has 1 aliphatic rings. The molecule has 12 heavy (non-hydrogen) atoms. The SMILES string of the molecule is Oc1nsc(N2CCOCC2)n1. The monoisotopic (exact) mass is 187 g/mol. The van der Waals surface area contributed by atoms with E-state index in [2.05, 4.69) is 14.3 Å². The van der Waals surface area contributed by atoms with Gasteiger partial charge in [-0.05, 0) is 0 Å². The molecule has 0 spiro atoms. The average molecular weight is 187 g/mol. The molecule has 0 saturated carbocycles. The second-order valence-electron chi connectivity index (χ2n) is 2.48. The van der Waals surface area contributed by atoms with Crippen molar-refractivity contribution in [3.8, 4) is 6.01 Å². The predicted molar refractivity (Wildman–Crippen MR) is 44.6 cm³/mol. The summed E-state index contributed by atoms with van der Waals surface area (Å²) in [6.07, 6.45) is 0. The fourth-order valence-corrected chi connectivity index (χ4v) is 1.72. The maximum atomic E-state index is 8.91. The molecule has 0 unspecified atom stereocenters. The molecule has 0 bridgehead atoms. The van der Waals surface area contributed by atoms with Gasteiger partial charge in [-0.2, -0.15) is 4.98 Å². The number of aromatic nitrogens is 2. The van der Waals surface area contributed by atoms with Crippen LogP contribution in [0.15, 0.2) is 0 Å². The molecule has 6 heteroatoms. The van der Waals surface area contributed by atoms with Crippen molar-refractivity contribution in [2.24, 2.45) is 0 Å². The maximum absolute atomic E-state index is 8.91. The van der Waals surface area contributed by atoms with Gasteiger partial charge >= 0.3 is 6.01 Å². The highest BCUT2D eigenvalue weighted by Gasteiger charge is 2.14. The van der Waals surface area contributed by atoms with Gasteiger partial charge < -0.3 is 14.7 Å². The molecule has 1 aromatic rings. The van der Waals surface area contributed by atoms with E-state index in [0.717, 1.165) is 31.4 Å². The van der Waals surface area contributed by atoms with Crippen molar-refractivity contribution in [2.75, 3.05) is 31.2 Å². The second kappa shape index (κ2) is 3.24. The first-order valence-corrected chi connectivity index (χ1v) is 4.49. The highest BCUT2D eigenvalue weighted by atomic mass is 32.1. The molecule has 1 aliphatic heterocycles. The molecule has 5 nitrogen and oxygen atoms in total. The van der Waals surface area contributed by atoms with Crippen LogP contribution in [0.3, 0.4) is 0 Å².